The molecular formula is C19H26N2O4. The van der Waals surface area contributed by atoms with E-state index in [0.29, 0.717) is 6.61 Å². The van der Waals surface area contributed by atoms with Crippen molar-refractivity contribution in [1.29, 1.82) is 0 Å². The predicted octanol–water partition coefficient (Wildman–Crippen LogP) is 2.06. The molecule has 0 aromatic heterocycles. The summed E-state index contributed by atoms with van der Waals surface area (Å²) in [5, 5.41) is 5.35. The van der Waals surface area contributed by atoms with Crippen LogP contribution in [0.15, 0.2) is 30.3 Å². The molecule has 3 rings (SSSR count). The highest BCUT2D eigenvalue weighted by atomic mass is 16.7. The maximum atomic E-state index is 12.0. The van der Waals surface area contributed by atoms with Crippen LogP contribution in [0.3, 0.4) is 0 Å². The molecule has 1 spiro atoms. The molecule has 6 heteroatoms. The number of carbonyl (C=O) groups excluding carboxylic acids is 2. The number of rotatable bonds is 4. The summed E-state index contributed by atoms with van der Waals surface area (Å²) in [6, 6.07) is 9.31. The molecule has 1 saturated heterocycles. The molecule has 1 saturated carbocycles. The molecule has 25 heavy (non-hydrogen) atoms. The lowest BCUT2D eigenvalue weighted by Crippen LogP contribution is -2.44. The van der Waals surface area contributed by atoms with Crippen LogP contribution in [-0.4, -0.2) is 36.9 Å². The van der Waals surface area contributed by atoms with Gasteiger partial charge in [0.15, 0.2) is 5.79 Å². The van der Waals surface area contributed by atoms with E-state index in [1.165, 1.54) is 6.42 Å². The maximum Gasteiger partial charge on any atom is 0.309 e. The highest BCUT2D eigenvalue weighted by Gasteiger charge is 2.42. The largest absolute Gasteiger partial charge is 0.347 e. The van der Waals surface area contributed by atoms with Crippen LogP contribution in [0.1, 0.15) is 50.6 Å². The van der Waals surface area contributed by atoms with Gasteiger partial charge in [0, 0.05) is 19.4 Å². The van der Waals surface area contributed by atoms with E-state index in [1.54, 1.807) is 0 Å². The first-order chi connectivity index (χ1) is 12.1. The molecule has 2 N–H and O–H groups in total. The Morgan fingerprint density at radius 3 is 2.60 bits per heavy atom. The SMILES string of the molecule is CC(NC(=O)C(=O)NCC1COC2(CCCCC2)O1)c1ccccc1. The third-order valence-corrected chi connectivity index (χ3v) is 4.87. The average Bonchev–Trinajstić information content (AvgIpc) is 3.03. The molecule has 2 fully saturated rings. The zero-order valence-electron chi connectivity index (χ0n) is 14.6. The van der Waals surface area contributed by atoms with E-state index in [1.807, 2.05) is 37.3 Å². The minimum Gasteiger partial charge on any atom is -0.347 e. The summed E-state index contributed by atoms with van der Waals surface area (Å²) in [7, 11) is 0. The molecule has 0 bridgehead atoms. The molecule has 2 atom stereocenters. The number of nitrogens with one attached hydrogen (secondary N) is 2. The van der Waals surface area contributed by atoms with Crippen LogP contribution in [0.5, 0.6) is 0 Å². The fraction of sp³-hybridized carbons (Fsp3) is 0.579. The third kappa shape index (κ3) is 4.58. The average molecular weight is 346 g/mol. The Balaban J connectivity index is 1.42. The molecule has 1 aromatic carbocycles. The molecule has 2 unspecified atom stereocenters. The molecule has 1 aromatic rings. The third-order valence-electron chi connectivity index (χ3n) is 4.87. The van der Waals surface area contributed by atoms with Gasteiger partial charge in [-0.3, -0.25) is 9.59 Å². The van der Waals surface area contributed by atoms with Gasteiger partial charge < -0.3 is 20.1 Å². The number of carbonyl (C=O) groups is 2. The van der Waals surface area contributed by atoms with Gasteiger partial charge in [0.05, 0.1) is 12.6 Å². The molecule has 1 aliphatic heterocycles. The van der Waals surface area contributed by atoms with Gasteiger partial charge in [0.1, 0.15) is 6.10 Å². The first-order valence-electron chi connectivity index (χ1n) is 9.03. The van der Waals surface area contributed by atoms with Crippen molar-refractivity contribution >= 4 is 11.8 Å². The zero-order valence-corrected chi connectivity index (χ0v) is 14.6. The van der Waals surface area contributed by atoms with Crippen molar-refractivity contribution in [2.75, 3.05) is 13.2 Å². The zero-order chi connectivity index (χ0) is 17.7. The first-order valence-corrected chi connectivity index (χ1v) is 9.03. The summed E-state index contributed by atoms with van der Waals surface area (Å²) in [6.45, 7) is 2.59. The van der Waals surface area contributed by atoms with Crippen LogP contribution in [0.2, 0.25) is 0 Å². The van der Waals surface area contributed by atoms with Crippen LogP contribution in [0.25, 0.3) is 0 Å². The first kappa shape index (κ1) is 17.9. The van der Waals surface area contributed by atoms with Gasteiger partial charge in [0.25, 0.3) is 0 Å². The fourth-order valence-electron chi connectivity index (χ4n) is 3.44. The maximum absolute atomic E-state index is 12.0. The topological polar surface area (TPSA) is 76.7 Å². The molecule has 0 radical (unpaired) electrons. The Bertz CT molecular complexity index is 599. The van der Waals surface area contributed by atoms with Crippen LogP contribution >= 0.6 is 0 Å². The van der Waals surface area contributed by atoms with E-state index >= 15 is 0 Å². The standard InChI is InChI=1S/C19H26N2O4/c1-14(15-8-4-2-5-9-15)21-18(23)17(22)20-12-16-13-24-19(25-16)10-6-3-7-11-19/h2,4-5,8-9,14,16H,3,6-7,10-13H2,1H3,(H,20,22)(H,21,23). The Kier molecular flexibility index (Phi) is 5.71. The van der Waals surface area contributed by atoms with Gasteiger partial charge in [-0.25, -0.2) is 0 Å². The van der Waals surface area contributed by atoms with Crippen molar-refractivity contribution in [2.45, 2.75) is 57.0 Å². The summed E-state index contributed by atoms with van der Waals surface area (Å²) in [6.07, 6.45) is 5.06. The number of amides is 2. The summed E-state index contributed by atoms with van der Waals surface area (Å²) < 4.78 is 11.8. The van der Waals surface area contributed by atoms with Crippen molar-refractivity contribution in [3.63, 3.8) is 0 Å². The summed E-state index contributed by atoms with van der Waals surface area (Å²) >= 11 is 0. The molecule has 1 heterocycles. The van der Waals surface area contributed by atoms with E-state index in [0.717, 1.165) is 31.2 Å². The van der Waals surface area contributed by atoms with Gasteiger partial charge in [-0.2, -0.15) is 0 Å². The van der Waals surface area contributed by atoms with Crippen molar-refractivity contribution in [2.24, 2.45) is 0 Å². The smallest absolute Gasteiger partial charge is 0.309 e. The normalized spacial score (nSPS) is 23.2. The van der Waals surface area contributed by atoms with Crippen molar-refractivity contribution in [3.05, 3.63) is 35.9 Å². The van der Waals surface area contributed by atoms with Gasteiger partial charge in [-0.1, -0.05) is 36.8 Å². The number of ether oxygens (including phenoxy) is 2. The van der Waals surface area contributed by atoms with Crippen LogP contribution in [0.4, 0.5) is 0 Å². The van der Waals surface area contributed by atoms with E-state index in [9.17, 15) is 9.59 Å². The van der Waals surface area contributed by atoms with Gasteiger partial charge >= 0.3 is 11.8 Å². The lowest BCUT2D eigenvalue weighted by Gasteiger charge is -2.31. The van der Waals surface area contributed by atoms with Crippen molar-refractivity contribution in [3.8, 4) is 0 Å². The van der Waals surface area contributed by atoms with E-state index in [-0.39, 0.29) is 18.7 Å². The highest BCUT2D eigenvalue weighted by Crippen LogP contribution is 2.37. The van der Waals surface area contributed by atoms with Crippen molar-refractivity contribution < 1.29 is 19.1 Å². The highest BCUT2D eigenvalue weighted by molar-refractivity contribution is 6.35. The molecule has 136 valence electrons. The second-order valence-electron chi connectivity index (χ2n) is 6.84. The number of hydrogen-bond acceptors (Lipinski definition) is 4. The monoisotopic (exact) mass is 346 g/mol. The number of hydrogen-bond donors (Lipinski definition) is 2. The quantitative estimate of drug-likeness (QED) is 0.818. The minimum atomic E-state index is -0.643. The van der Waals surface area contributed by atoms with E-state index < -0.39 is 17.6 Å². The Hall–Kier alpha value is -1.92. The summed E-state index contributed by atoms with van der Waals surface area (Å²) in [4.78, 5) is 24.0. The minimum absolute atomic E-state index is 0.193. The Labute approximate surface area is 148 Å². The van der Waals surface area contributed by atoms with Gasteiger partial charge in [-0.15, -0.1) is 0 Å². The van der Waals surface area contributed by atoms with E-state index in [2.05, 4.69) is 10.6 Å². The second-order valence-corrected chi connectivity index (χ2v) is 6.84. The van der Waals surface area contributed by atoms with Crippen LogP contribution in [0, 0.1) is 0 Å². The second kappa shape index (κ2) is 7.97. The van der Waals surface area contributed by atoms with Gasteiger partial charge in [0.2, 0.25) is 0 Å². The Morgan fingerprint density at radius 1 is 1.16 bits per heavy atom. The molecule has 6 nitrogen and oxygen atoms in total. The molecule has 2 amide bonds. The lowest BCUT2D eigenvalue weighted by atomic mass is 9.94. The molecular weight excluding hydrogens is 320 g/mol. The molecule has 2 aliphatic rings. The van der Waals surface area contributed by atoms with Crippen LogP contribution in [-0.2, 0) is 19.1 Å². The van der Waals surface area contributed by atoms with Crippen LogP contribution < -0.4 is 10.6 Å². The fourth-order valence-corrected chi connectivity index (χ4v) is 3.44. The lowest BCUT2D eigenvalue weighted by molar-refractivity contribution is -0.186. The van der Waals surface area contributed by atoms with Crippen molar-refractivity contribution in [1.82, 2.24) is 10.6 Å². The number of benzene rings is 1. The summed E-state index contributed by atoms with van der Waals surface area (Å²) in [5.41, 5.74) is 0.954. The molecule has 1 aliphatic carbocycles. The van der Waals surface area contributed by atoms with Gasteiger partial charge in [-0.05, 0) is 25.3 Å². The summed E-state index contributed by atoms with van der Waals surface area (Å²) in [5.74, 6) is -1.74. The predicted molar refractivity (Wildman–Crippen MR) is 92.7 cm³/mol. The van der Waals surface area contributed by atoms with E-state index in [4.69, 9.17) is 9.47 Å². The Morgan fingerprint density at radius 2 is 1.88 bits per heavy atom.